The van der Waals surface area contributed by atoms with Crippen molar-refractivity contribution < 1.29 is 9.21 Å². The second-order valence-electron chi connectivity index (χ2n) is 5.74. The van der Waals surface area contributed by atoms with Crippen LogP contribution in [0.2, 0.25) is 5.02 Å². The predicted molar refractivity (Wildman–Crippen MR) is 87.1 cm³/mol. The van der Waals surface area contributed by atoms with Crippen LogP contribution in [-0.4, -0.2) is 51.7 Å². The van der Waals surface area contributed by atoms with Crippen LogP contribution in [0.5, 0.6) is 0 Å². The highest BCUT2D eigenvalue weighted by molar-refractivity contribution is 6.30. The number of rotatable bonds is 5. The quantitative estimate of drug-likeness (QED) is 0.841. The van der Waals surface area contributed by atoms with E-state index in [0.29, 0.717) is 11.4 Å². The molecule has 1 saturated heterocycles. The van der Waals surface area contributed by atoms with Crippen molar-refractivity contribution in [2.45, 2.75) is 25.9 Å². The fourth-order valence-electron chi connectivity index (χ4n) is 2.92. The van der Waals surface area contributed by atoms with Crippen LogP contribution in [0.25, 0.3) is 0 Å². The zero-order valence-corrected chi connectivity index (χ0v) is 13.9. The zero-order valence-electron chi connectivity index (χ0n) is 13.2. The lowest BCUT2D eigenvalue weighted by molar-refractivity contribution is -0.137. The van der Waals surface area contributed by atoms with Gasteiger partial charge in [0.05, 0.1) is 24.0 Å². The largest absolute Gasteiger partial charge is 0.468 e. The van der Waals surface area contributed by atoms with Crippen molar-refractivity contribution in [2.24, 2.45) is 0 Å². The summed E-state index contributed by atoms with van der Waals surface area (Å²) in [5.41, 5.74) is 0. The van der Waals surface area contributed by atoms with Crippen LogP contribution in [0, 0.1) is 0 Å². The Morgan fingerprint density at radius 3 is 2.74 bits per heavy atom. The molecule has 0 aromatic carbocycles. The van der Waals surface area contributed by atoms with Crippen molar-refractivity contribution in [1.29, 1.82) is 0 Å². The molecule has 1 fully saturated rings. The van der Waals surface area contributed by atoms with E-state index in [1.165, 1.54) is 0 Å². The molecular weight excluding hydrogens is 316 g/mol. The Morgan fingerprint density at radius 2 is 2.17 bits per heavy atom. The molecule has 0 N–H and O–H groups in total. The lowest BCUT2D eigenvalue weighted by atomic mass is 10.1. The average molecular weight is 337 g/mol. The summed E-state index contributed by atoms with van der Waals surface area (Å²) in [5.74, 6) is 1.08. The topological polar surface area (TPSA) is 54.5 Å². The van der Waals surface area contributed by atoms with Gasteiger partial charge in [0.2, 0.25) is 5.91 Å². The monoisotopic (exact) mass is 336 g/mol. The minimum absolute atomic E-state index is 0.116. The van der Waals surface area contributed by atoms with Gasteiger partial charge in [-0.2, -0.15) is 5.10 Å². The van der Waals surface area contributed by atoms with E-state index in [1.54, 1.807) is 23.3 Å². The molecule has 23 heavy (non-hydrogen) atoms. The molecule has 1 aliphatic rings. The molecule has 3 rings (SSSR count). The van der Waals surface area contributed by atoms with E-state index in [2.05, 4.69) is 10.00 Å². The van der Waals surface area contributed by atoms with E-state index >= 15 is 0 Å². The summed E-state index contributed by atoms with van der Waals surface area (Å²) >= 11 is 5.91. The van der Waals surface area contributed by atoms with Crippen molar-refractivity contribution in [3.8, 4) is 0 Å². The van der Waals surface area contributed by atoms with Gasteiger partial charge in [0, 0.05) is 32.4 Å². The highest BCUT2D eigenvalue weighted by Crippen LogP contribution is 2.18. The molecule has 6 nitrogen and oxygen atoms in total. The second kappa shape index (κ2) is 7.19. The summed E-state index contributed by atoms with van der Waals surface area (Å²) < 4.78 is 7.05. The molecule has 1 aliphatic heterocycles. The first-order valence-electron chi connectivity index (χ1n) is 7.90. The maximum atomic E-state index is 12.7. The molecular formula is C16H21ClN4O2. The third-order valence-corrected chi connectivity index (χ3v) is 4.40. The molecule has 2 aromatic heterocycles. The SMILES string of the molecule is CCC(C(=O)N1CCN(Cc2ccco2)CC1)n1cc(Cl)cn1. The summed E-state index contributed by atoms with van der Waals surface area (Å²) in [6.07, 6.45) is 5.67. The maximum Gasteiger partial charge on any atom is 0.247 e. The second-order valence-corrected chi connectivity index (χ2v) is 6.18. The van der Waals surface area contributed by atoms with Crippen LogP contribution < -0.4 is 0 Å². The van der Waals surface area contributed by atoms with Crippen LogP contribution in [-0.2, 0) is 11.3 Å². The van der Waals surface area contributed by atoms with E-state index in [4.69, 9.17) is 16.0 Å². The Bertz CT molecular complexity index is 632. The summed E-state index contributed by atoms with van der Waals surface area (Å²) in [6, 6.07) is 3.60. The van der Waals surface area contributed by atoms with Gasteiger partial charge in [-0.15, -0.1) is 0 Å². The number of hydrogen-bond acceptors (Lipinski definition) is 4. The van der Waals surface area contributed by atoms with E-state index in [1.807, 2.05) is 24.0 Å². The third-order valence-electron chi connectivity index (χ3n) is 4.20. The number of carbonyl (C=O) groups is 1. The van der Waals surface area contributed by atoms with Crippen molar-refractivity contribution in [3.63, 3.8) is 0 Å². The molecule has 1 atom stereocenters. The Kier molecular flexibility index (Phi) is 5.03. The minimum Gasteiger partial charge on any atom is -0.468 e. The van der Waals surface area contributed by atoms with Crippen molar-refractivity contribution in [1.82, 2.24) is 19.6 Å². The first kappa shape index (κ1) is 16.1. The van der Waals surface area contributed by atoms with E-state index in [9.17, 15) is 4.79 Å². The summed E-state index contributed by atoms with van der Waals surface area (Å²) in [7, 11) is 0. The number of piperazine rings is 1. The number of amides is 1. The van der Waals surface area contributed by atoms with Gasteiger partial charge >= 0.3 is 0 Å². The maximum absolute atomic E-state index is 12.7. The molecule has 0 saturated carbocycles. The lowest BCUT2D eigenvalue weighted by Crippen LogP contribution is -2.50. The van der Waals surface area contributed by atoms with Gasteiger partial charge in [-0.1, -0.05) is 18.5 Å². The Morgan fingerprint density at radius 1 is 1.39 bits per heavy atom. The van der Waals surface area contributed by atoms with Crippen molar-refractivity contribution in [2.75, 3.05) is 26.2 Å². The summed E-state index contributed by atoms with van der Waals surface area (Å²) in [6.45, 7) is 5.94. The normalized spacial score (nSPS) is 17.4. The first-order valence-corrected chi connectivity index (χ1v) is 8.28. The number of aromatic nitrogens is 2. The minimum atomic E-state index is -0.279. The van der Waals surface area contributed by atoms with Gasteiger partial charge in [0.25, 0.3) is 0 Å². The highest BCUT2D eigenvalue weighted by Gasteiger charge is 2.28. The predicted octanol–water partition coefficient (Wildman–Crippen LogP) is 2.42. The molecule has 3 heterocycles. The summed E-state index contributed by atoms with van der Waals surface area (Å²) in [5, 5.41) is 4.74. The van der Waals surface area contributed by atoms with E-state index < -0.39 is 0 Å². The fourth-order valence-corrected chi connectivity index (χ4v) is 3.06. The molecule has 7 heteroatoms. The molecule has 0 bridgehead atoms. The van der Waals surface area contributed by atoms with Crippen molar-refractivity contribution in [3.05, 3.63) is 41.6 Å². The zero-order chi connectivity index (χ0) is 16.2. The number of hydrogen-bond donors (Lipinski definition) is 0. The van der Waals surface area contributed by atoms with E-state index in [-0.39, 0.29) is 11.9 Å². The molecule has 2 aromatic rings. The highest BCUT2D eigenvalue weighted by atomic mass is 35.5. The molecule has 0 spiro atoms. The average Bonchev–Trinajstić information content (AvgIpc) is 3.21. The molecule has 0 radical (unpaired) electrons. The van der Waals surface area contributed by atoms with Crippen LogP contribution in [0.3, 0.4) is 0 Å². The van der Waals surface area contributed by atoms with Gasteiger partial charge in [0.15, 0.2) is 0 Å². The Hall–Kier alpha value is -1.79. The van der Waals surface area contributed by atoms with Crippen LogP contribution in [0.15, 0.2) is 35.2 Å². The van der Waals surface area contributed by atoms with Gasteiger partial charge in [0.1, 0.15) is 11.8 Å². The fraction of sp³-hybridized carbons (Fsp3) is 0.500. The van der Waals surface area contributed by atoms with Gasteiger partial charge in [-0.3, -0.25) is 14.4 Å². The number of nitrogens with zero attached hydrogens (tertiary/aromatic N) is 4. The number of carbonyl (C=O) groups excluding carboxylic acids is 1. The summed E-state index contributed by atoms with van der Waals surface area (Å²) in [4.78, 5) is 17.0. The number of halogens is 1. The van der Waals surface area contributed by atoms with Crippen LogP contribution in [0.4, 0.5) is 0 Å². The number of furan rings is 1. The van der Waals surface area contributed by atoms with Gasteiger partial charge in [-0.05, 0) is 18.6 Å². The third kappa shape index (κ3) is 3.76. The molecule has 124 valence electrons. The Balaban J connectivity index is 1.56. The molecule has 0 aliphatic carbocycles. The lowest BCUT2D eigenvalue weighted by Gasteiger charge is -2.36. The van der Waals surface area contributed by atoms with E-state index in [0.717, 1.165) is 38.5 Å². The van der Waals surface area contributed by atoms with Gasteiger partial charge < -0.3 is 9.32 Å². The standard InChI is InChI=1S/C16H21ClN4O2/c1-2-15(21-11-13(17)10-18-21)16(22)20-7-5-19(6-8-20)12-14-4-3-9-23-14/h3-4,9-11,15H,2,5-8,12H2,1H3. The van der Waals surface area contributed by atoms with Crippen LogP contribution >= 0.6 is 11.6 Å². The molecule has 1 amide bonds. The molecule has 1 unspecified atom stereocenters. The van der Waals surface area contributed by atoms with Crippen molar-refractivity contribution >= 4 is 17.5 Å². The Labute approximate surface area is 140 Å². The van der Waals surface area contributed by atoms with Crippen LogP contribution in [0.1, 0.15) is 25.1 Å². The first-order chi connectivity index (χ1) is 11.2. The van der Waals surface area contributed by atoms with Gasteiger partial charge in [-0.25, -0.2) is 0 Å². The smallest absolute Gasteiger partial charge is 0.247 e.